The van der Waals surface area contributed by atoms with Crippen molar-refractivity contribution < 1.29 is 19.1 Å². The minimum absolute atomic E-state index is 0.115. The predicted molar refractivity (Wildman–Crippen MR) is 65.4 cm³/mol. The van der Waals surface area contributed by atoms with Gasteiger partial charge in [0.2, 0.25) is 0 Å². The molecule has 0 N–H and O–H groups in total. The van der Waals surface area contributed by atoms with Crippen molar-refractivity contribution in [2.24, 2.45) is 18.9 Å². The van der Waals surface area contributed by atoms with E-state index in [4.69, 9.17) is 0 Å². The summed E-state index contributed by atoms with van der Waals surface area (Å²) in [4.78, 5) is 39.6. The van der Waals surface area contributed by atoms with Crippen molar-refractivity contribution in [2.45, 2.75) is 19.3 Å². The highest BCUT2D eigenvalue weighted by Gasteiger charge is 2.38. The number of carbonyl (C=O) groups is 3. The van der Waals surface area contributed by atoms with Gasteiger partial charge in [-0.3, -0.25) is 14.4 Å². The fraction of sp³-hybridized carbons (Fsp3) is 0.538. The number of carbonyl (C=O) groups excluding carboxylic acids is 3. The van der Waals surface area contributed by atoms with Crippen LogP contribution in [0.4, 0.5) is 0 Å². The van der Waals surface area contributed by atoms with Crippen molar-refractivity contribution in [3.63, 3.8) is 0 Å². The minimum Gasteiger partial charge on any atom is -0.469 e. The molecule has 2 atom stereocenters. The quantitative estimate of drug-likeness (QED) is 0.457. The highest BCUT2D eigenvalue weighted by molar-refractivity contribution is 6.10. The molecular weight excluding hydrogens is 248 g/mol. The summed E-state index contributed by atoms with van der Waals surface area (Å²) < 4.78 is 6.33. The van der Waals surface area contributed by atoms with Gasteiger partial charge in [-0.15, -0.1) is 0 Å². The van der Waals surface area contributed by atoms with Crippen LogP contribution in [0.3, 0.4) is 0 Å². The van der Waals surface area contributed by atoms with Crippen LogP contribution in [0.5, 0.6) is 0 Å². The van der Waals surface area contributed by atoms with E-state index in [2.05, 4.69) is 9.72 Å². The van der Waals surface area contributed by atoms with Crippen molar-refractivity contribution in [3.05, 3.63) is 18.2 Å². The van der Waals surface area contributed by atoms with E-state index in [-0.39, 0.29) is 42.0 Å². The number of nitrogens with zero attached hydrogens (tertiary/aromatic N) is 2. The fourth-order valence-electron chi connectivity index (χ4n) is 2.38. The first-order valence-corrected chi connectivity index (χ1v) is 6.15. The third-order valence-corrected chi connectivity index (χ3v) is 3.46. The number of Topliss-reactive ketones (excluding diaryl/α,β-unsaturated/α-hetero) is 2. The zero-order chi connectivity index (χ0) is 14.0. The summed E-state index contributed by atoms with van der Waals surface area (Å²) in [5, 5.41) is 0. The van der Waals surface area contributed by atoms with Crippen LogP contribution < -0.4 is 0 Å². The summed E-state index contributed by atoms with van der Waals surface area (Å²) in [5.74, 6) is -1.92. The lowest BCUT2D eigenvalue weighted by molar-refractivity contribution is -0.147. The first kappa shape index (κ1) is 13.5. The molecule has 2 unspecified atom stereocenters. The molecule has 1 aromatic rings. The van der Waals surface area contributed by atoms with Gasteiger partial charge in [-0.2, -0.15) is 0 Å². The van der Waals surface area contributed by atoms with E-state index in [1.165, 1.54) is 13.4 Å². The lowest BCUT2D eigenvalue weighted by atomic mass is 9.78. The average Bonchev–Trinajstić information content (AvgIpc) is 2.84. The number of rotatable bonds is 3. The predicted octanol–water partition coefficient (Wildman–Crippen LogP) is 0.761. The fourth-order valence-corrected chi connectivity index (χ4v) is 2.38. The van der Waals surface area contributed by atoms with Crippen LogP contribution in [-0.4, -0.2) is 34.2 Å². The highest BCUT2D eigenvalue weighted by Crippen LogP contribution is 2.29. The highest BCUT2D eigenvalue weighted by atomic mass is 16.5. The maximum atomic E-state index is 12.2. The second-order valence-corrected chi connectivity index (χ2v) is 4.80. The first-order chi connectivity index (χ1) is 9.02. The van der Waals surface area contributed by atoms with Gasteiger partial charge < -0.3 is 9.30 Å². The first-order valence-electron chi connectivity index (χ1n) is 6.15. The zero-order valence-corrected chi connectivity index (χ0v) is 11.0. The maximum absolute atomic E-state index is 12.2. The van der Waals surface area contributed by atoms with Crippen LogP contribution in [0.1, 0.15) is 29.8 Å². The Balaban J connectivity index is 2.15. The summed E-state index contributed by atoms with van der Waals surface area (Å²) in [6.07, 6.45) is 4.01. The second kappa shape index (κ2) is 5.34. The normalized spacial score (nSPS) is 23.2. The van der Waals surface area contributed by atoms with Gasteiger partial charge in [-0.25, -0.2) is 4.98 Å². The standard InChI is InChI=1S/C13H16N2O4/c1-15-6-10(14-7-15)12(17)9-5-8(13(18)19-2)3-4-11(9)16/h6-9H,3-5H2,1-2H3. The third-order valence-electron chi connectivity index (χ3n) is 3.46. The molecule has 1 fully saturated rings. The number of hydrogen-bond donors (Lipinski definition) is 0. The summed E-state index contributed by atoms with van der Waals surface area (Å²) in [6.45, 7) is 0. The van der Waals surface area contributed by atoms with E-state index in [1.54, 1.807) is 17.8 Å². The van der Waals surface area contributed by atoms with Crippen molar-refractivity contribution in [1.29, 1.82) is 0 Å². The summed E-state index contributed by atoms with van der Waals surface area (Å²) in [7, 11) is 3.07. The number of hydrogen-bond acceptors (Lipinski definition) is 5. The molecule has 1 saturated carbocycles. The van der Waals surface area contributed by atoms with E-state index in [9.17, 15) is 14.4 Å². The molecule has 0 aromatic carbocycles. The third kappa shape index (κ3) is 2.72. The number of aryl methyl sites for hydroxylation is 1. The Morgan fingerprint density at radius 2 is 2.21 bits per heavy atom. The monoisotopic (exact) mass is 264 g/mol. The van der Waals surface area contributed by atoms with Crippen LogP contribution >= 0.6 is 0 Å². The summed E-state index contributed by atoms with van der Waals surface area (Å²) in [5.41, 5.74) is 0.270. The SMILES string of the molecule is COC(=O)C1CCC(=O)C(C(=O)c2cn(C)cn2)C1. The molecule has 1 aromatic heterocycles. The number of ketones is 2. The molecule has 0 aliphatic heterocycles. The molecule has 1 aliphatic rings. The molecule has 2 rings (SSSR count). The van der Waals surface area contributed by atoms with Gasteiger partial charge >= 0.3 is 5.97 Å². The van der Waals surface area contributed by atoms with Gasteiger partial charge in [0.25, 0.3) is 0 Å². The number of ether oxygens (including phenoxy) is 1. The van der Waals surface area contributed by atoms with Crippen LogP contribution in [-0.2, 0) is 21.4 Å². The maximum Gasteiger partial charge on any atom is 0.308 e. The van der Waals surface area contributed by atoms with Crippen molar-refractivity contribution in [3.8, 4) is 0 Å². The van der Waals surface area contributed by atoms with Crippen molar-refractivity contribution in [1.82, 2.24) is 9.55 Å². The Kier molecular flexibility index (Phi) is 3.78. The summed E-state index contributed by atoms with van der Waals surface area (Å²) >= 11 is 0. The molecule has 0 amide bonds. The second-order valence-electron chi connectivity index (χ2n) is 4.80. The Labute approximate surface area is 110 Å². The number of imidazole rings is 1. The van der Waals surface area contributed by atoms with Crippen molar-refractivity contribution >= 4 is 17.5 Å². The van der Waals surface area contributed by atoms with Gasteiger partial charge in [0.1, 0.15) is 11.5 Å². The van der Waals surface area contributed by atoms with Gasteiger partial charge in [-0.1, -0.05) is 0 Å². The zero-order valence-electron chi connectivity index (χ0n) is 11.0. The lowest BCUT2D eigenvalue weighted by Crippen LogP contribution is -2.34. The smallest absolute Gasteiger partial charge is 0.308 e. The Hall–Kier alpha value is -1.98. The Morgan fingerprint density at radius 3 is 2.79 bits per heavy atom. The van der Waals surface area contributed by atoms with E-state index >= 15 is 0 Å². The van der Waals surface area contributed by atoms with Crippen molar-refractivity contribution in [2.75, 3.05) is 7.11 Å². The molecule has 6 nitrogen and oxygen atoms in total. The van der Waals surface area contributed by atoms with Crippen LogP contribution in [0.25, 0.3) is 0 Å². The summed E-state index contributed by atoms with van der Waals surface area (Å²) in [6, 6.07) is 0. The van der Waals surface area contributed by atoms with Crippen LogP contribution in [0.15, 0.2) is 12.5 Å². The van der Waals surface area contributed by atoms with E-state index < -0.39 is 5.92 Å². The molecule has 1 aliphatic carbocycles. The molecule has 0 saturated heterocycles. The van der Waals surface area contributed by atoms with E-state index in [1.807, 2.05) is 0 Å². The minimum atomic E-state index is -0.771. The van der Waals surface area contributed by atoms with Gasteiger partial charge in [0.15, 0.2) is 5.78 Å². The average molecular weight is 264 g/mol. The molecule has 0 radical (unpaired) electrons. The molecular formula is C13H16N2O4. The van der Waals surface area contributed by atoms with Crippen LogP contribution in [0.2, 0.25) is 0 Å². The molecule has 102 valence electrons. The van der Waals surface area contributed by atoms with E-state index in [0.717, 1.165) is 0 Å². The van der Waals surface area contributed by atoms with Gasteiger partial charge in [0.05, 0.1) is 25.3 Å². The molecule has 19 heavy (non-hydrogen) atoms. The van der Waals surface area contributed by atoms with E-state index in [0.29, 0.717) is 6.42 Å². The topological polar surface area (TPSA) is 78.3 Å². The van der Waals surface area contributed by atoms with Crippen LogP contribution in [0, 0.1) is 11.8 Å². The van der Waals surface area contributed by atoms with Gasteiger partial charge in [-0.05, 0) is 12.8 Å². The molecule has 1 heterocycles. The molecule has 0 spiro atoms. The largest absolute Gasteiger partial charge is 0.469 e. The number of aromatic nitrogens is 2. The number of esters is 1. The van der Waals surface area contributed by atoms with Gasteiger partial charge in [0, 0.05) is 19.7 Å². The molecule has 6 heteroatoms. The Morgan fingerprint density at radius 1 is 1.47 bits per heavy atom. The lowest BCUT2D eigenvalue weighted by Gasteiger charge is -2.24. The Bertz CT molecular complexity index is 520. The number of methoxy groups -OCH3 is 1. The molecule has 0 bridgehead atoms.